The first-order valence-corrected chi connectivity index (χ1v) is 8.14. The lowest BCUT2D eigenvalue weighted by atomic mass is 10.0. The molecule has 23 heavy (non-hydrogen) atoms. The number of amides is 1. The summed E-state index contributed by atoms with van der Waals surface area (Å²) in [5.74, 6) is -0.160. The third-order valence-electron chi connectivity index (χ3n) is 4.35. The molecular formula is C17H20ClN3O2. The number of likely N-dealkylation sites (N-methyl/N-ethyl adjacent to an activating group) is 1. The van der Waals surface area contributed by atoms with E-state index in [9.17, 15) is 9.90 Å². The topological polar surface area (TPSA) is 57.8 Å². The van der Waals surface area contributed by atoms with Crippen LogP contribution >= 0.6 is 11.6 Å². The number of aromatic nitrogens is 2. The molecule has 0 aromatic carbocycles. The van der Waals surface area contributed by atoms with Gasteiger partial charge in [-0.3, -0.25) is 9.20 Å². The van der Waals surface area contributed by atoms with Crippen LogP contribution in [0.5, 0.6) is 0 Å². The van der Waals surface area contributed by atoms with Gasteiger partial charge in [-0.1, -0.05) is 30.5 Å². The van der Waals surface area contributed by atoms with Gasteiger partial charge in [-0.25, -0.2) is 4.98 Å². The molecule has 0 spiro atoms. The molecule has 0 aliphatic heterocycles. The van der Waals surface area contributed by atoms with Gasteiger partial charge in [-0.2, -0.15) is 0 Å². The van der Waals surface area contributed by atoms with Gasteiger partial charge in [0.25, 0.3) is 0 Å². The number of aliphatic hydroxyl groups is 1. The Morgan fingerprint density at radius 2 is 2.22 bits per heavy atom. The standard InChI is InChI=1S/C17H20ClN3O2/c1-20(12-17(23)9-3-4-10-17)15(22)8-7-13-16(18)19-14-6-2-5-11-21(13)14/h2,5-8,11,23H,3-4,9-10,12H2,1H3/b8-7+. The summed E-state index contributed by atoms with van der Waals surface area (Å²) in [6, 6.07) is 5.62. The third-order valence-corrected chi connectivity index (χ3v) is 4.63. The number of rotatable bonds is 4. The minimum atomic E-state index is -0.737. The molecule has 1 saturated carbocycles. The van der Waals surface area contributed by atoms with Crippen molar-refractivity contribution in [2.45, 2.75) is 31.3 Å². The van der Waals surface area contributed by atoms with E-state index in [1.165, 1.54) is 6.08 Å². The van der Waals surface area contributed by atoms with Gasteiger partial charge in [0.15, 0.2) is 5.15 Å². The predicted molar refractivity (Wildman–Crippen MR) is 90.3 cm³/mol. The van der Waals surface area contributed by atoms with Crippen LogP contribution in [-0.4, -0.2) is 44.5 Å². The molecule has 6 heteroatoms. The average Bonchev–Trinajstić information content (AvgIpc) is 3.08. The summed E-state index contributed by atoms with van der Waals surface area (Å²) in [5, 5.41) is 10.8. The summed E-state index contributed by atoms with van der Waals surface area (Å²) in [5.41, 5.74) is 0.668. The summed E-state index contributed by atoms with van der Waals surface area (Å²) in [4.78, 5) is 18.1. The molecule has 1 N–H and O–H groups in total. The lowest BCUT2D eigenvalue weighted by Gasteiger charge is -2.27. The molecule has 1 fully saturated rings. The smallest absolute Gasteiger partial charge is 0.246 e. The molecular weight excluding hydrogens is 314 g/mol. The van der Waals surface area contributed by atoms with E-state index >= 15 is 0 Å². The van der Waals surface area contributed by atoms with Crippen LogP contribution in [0, 0.1) is 0 Å². The van der Waals surface area contributed by atoms with Crippen molar-refractivity contribution in [3.8, 4) is 0 Å². The Morgan fingerprint density at radius 1 is 1.48 bits per heavy atom. The summed E-state index contributed by atoms with van der Waals surface area (Å²) in [6.07, 6.45) is 8.54. The van der Waals surface area contributed by atoms with Crippen molar-refractivity contribution in [1.82, 2.24) is 14.3 Å². The highest BCUT2D eigenvalue weighted by atomic mass is 35.5. The van der Waals surface area contributed by atoms with Crippen molar-refractivity contribution in [1.29, 1.82) is 0 Å². The molecule has 0 radical (unpaired) electrons. The lowest BCUT2D eigenvalue weighted by molar-refractivity contribution is -0.127. The van der Waals surface area contributed by atoms with E-state index in [1.807, 2.05) is 28.8 Å². The van der Waals surface area contributed by atoms with E-state index in [0.717, 1.165) is 31.3 Å². The Kier molecular flexibility index (Phi) is 4.41. The van der Waals surface area contributed by atoms with Crippen molar-refractivity contribution < 1.29 is 9.90 Å². The lowest BCUT2D eigenvalue weighted by Crippen LogP contribution is -2.41. The van der Waals surface area contributed by atoms with Crippen LogP contribution in [0.3, 0.4) is 0 Å². The largest absolute Gasteiger partial charge is 0.388 e. The Labute approximate surface area is 140 Å². The maximum Gasteiger partial charge on any atom is 0.246 e. The van der Waals surface area contributed by atoms with E-state index in [-0.39, 0.29) is 5.91 Å². The summed E-state index contributed by atoms with van der Waals surface area (Å²) in [7, 11) is 1.71. The highest BCUT2D eigenvalue weighted by Gasteiger charge is 2.33. The molecule has 2 heterocycles. The predicted octanol–water partition coefficient (Wildman–Crippen LogP) is 2.76. The first-order chi connectivity index (χ1) is 11.0. The van der Waals surface area contributed by atoms with Crippen LogP contribution < -0.4 is 0 Å². The van der Waals surface area contributed by atoms with Crippen LogP contribution in [0.15, 0.2) is 30.5 Å². The van der Waals surface area contributed by atoms with E-state index in [2.05, 4.69) is 4.98 Å². The first kappa shape index (κ1) is 16.0. The highest BCUT2D eigenvalue weighted by Crippen LogP contribution is 2.30. The number of imidazole rings is 1. The highest BCUT2D eigenvalue weighted by molar-refractivity contribution is 6.31. The zero-order valence-corrected chi connectivity index (χ0v) is 13.8. The molecule has 5 nitrogen and oxygen atoms in total. The molecule has 1 aliphatic rings. The van der Waals surface area contributed by atoms with Crippen molar-refractivity contribution in [2.24, 2.45) is 0 Å². The van der Waals surface area contributed by atoms with Gasteiger partial charge in [-0.15, -0.1) is 0 Å². The van der Waals surface area contributed by atoms with Gasteiger partial charge in [0, 0.05) is 25.9 Å². The van der Waals surface area contributed by atoms with Crippen molar-refractivity contribution in [2.75, 3.05) is 13.6 Å². The van der Waals surface area contributed by atoms with Crippen LogP contribution in [0.2, 0.25) is 5.15 Å². The normalized spacial score (nSPS) is 17.2. The molecule has 2 aromatic rings. The summed E-state index contributed by atoms with van der Waals surface area (Å²) in [6.45, 7) is 0.358. The fourth-order valence-electron chi connectivity index (χ4n) is 3.12. The Morgan fingerprint density at radius 3 is 2.96 bits per heavy atom. The molecule has 2 aromatic heterocycles. The Bertz CT molecular complexity index is 747. The molecule has 1 amide bonds. The average molecular weight is 334 g/mol. The number of nitrogens with zero attached hydrogens (tertiary/aromatic N) is 3. The van der Waals surface area contributed by atoms with Gasteiger partial charge < -0.3 is 10.0 Å². The van der Waals surface area contributed by atoms with Gasteiger partial charge in [0.1, 0.15) is 5.65 Å². The van der Waals surface area contributed by atoms with E-state index in [0.29, 0.717) is 17.4 Å². The number of fused-ring (bicyclic) bond motifs is 1. The van der Waals surface area contributed by atoms with Crippen LogP contribution in [0.4, 0.5) is 0 Å². The second-order valence-corrected chi connectivity index (χ2v) is 6.53. The molecule has 0 unspecified atom stereocenters. The molecule has 3 rings (SSSR count). The minimum Gasteiger partial charge on any atom is -0.388 e. The van der Waals surface area contributed by atoms with Crippen LogP contribution in [0.1, 0.15) is 31.4 Å². The number of pyridine rings is 1. The maximum atomic E-state index is 12.3. The quantitative estimate of drug-likeness (QED) is 0.875. The van der Waals surface area contributed by atoms with Gasteiger partial charge in [0.05, 0.1) is 11.3 Å². The van der Waals surface area contributed by atoms with E-state index < -0.39 is 5.60 Å². The monoisotopic (exact) mass is 333 g/mol. The van der Waals surface area contributed by atoms with Gasteiger partial charge >= 0.3 is 0 Å². The number of carbonyl (C=O) groups is 1. The molecule has 0 bridgehead atoms. The number of halogens is 1. The summed E-state index contributed by atoms with van der Waals surface area (Å²) >= 11 is 6.14. The zero-order valence-electron chi connectivity index (χ0n) is 13.1. The van der Waals surface area contributed by atoms with Crippen molar-refractivity contribution in [3.05, 3.63) is 41.3 Å². The van der Waals surface area contributed by atoms with Crippen LogP contribution in [-0.2, 0) is 4.79 Å². The zero-order chi connectivity index (χ0) is 16.4. The second kappa shape index (κ2) is 6.34. The number of carbonyl (C=O) groups excluding carboxylic acids is 1. The minimum absolute atomic E-state index is 0.160. The molecule has 0 saturated heterocycles. The number of hydrogen-bond acceptors (Lipinski definition) is 3. The third kappa shape index (κ3) is 3.41. The molecule has 0 atom stereocenters. The van der Waals surface area contributed by atoms with Gasteiger partial charge in [-0.05, 0) is 31.1 Å². The van der Waals surface area contributed by atoms with Crippen molar-refractivity contribution in [3.63, 3.8) is 0 Å². The van der Waals surface area contributed by atoms with E-state index in [1.54, 1.807) is 18.0 Å². The number of hydrogen-bond donors (Lipinski definition) is 1. The molecule has 1 aliphatic carbocycles. The SMILES string of the molecule is CN(CC1(O)CCCC1)C(=O)/C=C/c1c(Cl)nc2ccccn12. The molecule has 122 valence electrons. The first-order valence-electron chi connectivity index (χ1n) is 7.77. The van der Waals surface area contributed by atoms with Crippen molar-refractivity contribution >= 4 is 29.2 Å². The fraction of sp³-hybridized carbons (Fsp3) is 0.412. The Hall–Kier alpha value is -1.85. The Balaban J connectivity index is 1.73. The van der Waals surface area contributed by atoms with E-state index in [4.69, 9.17) is 11.6 Å². The van der Waals surface area contributed by atoms with Gasteiger partial charge in [0.2, 0.25) is 5.91 Å². The maximum absolute atomic E-state index is 12.3. The fourth-order valence-corrected chi connectivity index (χ4v) is 3.36. The van der Waals surface area contributed by atoms with Crippen LogP contribution in [0.25, 0.3) is 11.7 Å². The summed E-state index contributed by atoms with van der Waals surface area (Å²) < 4.78 is 1.83. The second-order valence-electron chi connectivity index (χ2n) is 6.18.